The molecule has 0 bridgehead atoms. The third-order valence-corrected chi connectivity index (χ3v) is 3.84. The van der Waals surface area contributed by atoms with E-state index in [1.807, 2.05) is 0 Å². The molecule has 0 heterocycles. The molecule has 84 valence electrons. The standard InChI is InChI=1S/C12H23N.BrH/c1-10-6-8-12(9-7-10)13-11-4-2-3-5-11;/h10-13H,2-9H2,1H3;1H. The number of hydrogen-bond donors (Lipinski definition) is 1. The van der Waals surface area contributed by atoms with Crippen molar-refractivity contribution in [3.63, 3.8) is 0 Å². The van der Waals surface area contributed by atoms with E-state index in [4.69, 9.17) is 0 Å². The Morgan fingerprint density at radius 1 is 0.786 bits per heavy atom. The molecule has 0 radical (unpaired) electrons. The lowest BCUT2D eigenvalue weighted by Gasteiger charge is -2.29. The molecule has 14 heavy (non-hydrogen) atoms. The van der Waals surface area contributed by atoms with Gasteiger partial charge >= 0.3 is 0 Å². The lowest BCUT2D eigenvalue weighted by molar-refractivity contribution is 0.286. The zero-order valence-corrected chi connectivity index (χ0v) is 11.0. The van der Waals surface area contributed by atoms with Gasteiger partial charge in [0, 0.05) is 12.1 Å². The first-order valence-corrected chi connectivity index (χ1v) is 6.10. The summed E-state index contributed by atoms with van der Waals surface area (Å²) >= 11 is 0. The second kappa shape index (κ2) is 6.12. The number of nitrogens with one attached hydrogen (secondary N) is 1. The molecule has 2 saturated carbocycles. The van der Waals surface area contributed by atoms with Crippen molar-refractivity contribution in [1.82, 2.24) is 5.32 Å². The molecule has 0 aliphatic heterocycles. The van der Waals surface area contributed by atoms with Crippen LogP contribution >= 0.6 is 17.0 Å². The van der Waals surface area contributed by atoms with Gasteiger partial charge in [-0.25, -0.2) is 0 Å². The second-order valence-electron chi connectivity index (χ2n) is 5.10. The van der Waals surface area contributed by atoms with Crippen molar-refractivity contribution in [2.24, 2.45) is 5.92 Å². The highest BCUT2D eigenvalue weighted by molar-refractivity contribution is 8.93. The molecule has 2 rings (SSSR count). The molecule has 0 unspecified atom stereocenters. The summed E-state index contributed by atoms with van der Waals surface area (Å²) < 4.78 is 0. The van der Waals surface area contributed by atoms with E-state index in [0.717, 1.165) is 18.0 Å². The highest BCUT2D eigenvalue weighted by atomic mass is 79.9. The molecule has 0 saturated heterocycles. The first-order chi connectivity index (χ1) is 6.34. The second-order valence-corrected chi connectivity index (χ2v) is 5.10. The van der Waals surface area contributed by atoms with Crippen molar-refractivity contribution in [3.8, 4) is 0 Å². The quantitative estimate of drug-likeness (QED) is 0.800. The normalized spacial score (nSPS) is 34.1. The lowest BCUT2D eigenvalue weighted by Crippen LogP contribution is -2.38. The van der Waals surface area contributed by atoms with E-state index >= 15 is 0 Å². The van der Waals surface area contributed by atoms with Crippen LogP contribution in [-0.2, 0) is 0 Å². The molecule has 0 spiro atoms. The maximum atomic E-state index is 3.84. The van der Waals surface area contributed by atoms with Gasteiger partial charge in [0.05, 0.1) is 0 Å². The Labute approximate surface area is 98.8 Å². The average Bonchev–Trinajstić information content (AvgIpc) is 2.62. The van der Waals surface area contributed by atoms with Gasteiger partial charge in [0.25, 0.3) is 0 Å². The van der Waals surface area contributed by atoms with Crippen molar-refractivity contribution in [2.75, 3.05) is 0 Å². The molecule has 2 aliphatic carbocycles. The van der Waals surface area contributed by atoms with Gasteiger partial charge in [-0.05, 0) is 44.4 Å². The molecule has 0 amide bonds. The topological polar surface area (TPSA) is 12.0 Å². The fourth-order valence-corrected chi connectivity index (χ4v) is 2.85. The molecule has 2 fully saturated rings. The van der Waals surface area contributed by atoms with Crippen LogP contribution in [0, 0.1) is 5.92 Å². The van der Waals surface area contributed by atoms with Crippen LogP contribution in [0.1, 0.15) is 58.3 Å². The summed E-state index contributed by atoms with van der Waals surface area (Å²) in [5, 5.41) is 3.84. The van der Waals surface area contributed by atoms with E-state index in [-0.39, 0.29) is 17.0 Å². The molecule has 0 atom stereocenters. The van der Waals surface area contributed by atoms with E-state index in [0.29, 0.717) is 0 Å². The molecule has 1 N–H and O–H groups in total. The molecule has 0 aromatic rings. The van der Waals surface area contributed by atoms with Crippen LogP contribution in [0.25, 0.3) is 0 Å². The summed E-state index contributed by atoms with van der Waals surface area (Å²) in [6, 6.07) is 1.73. The Balaban J connectivity index is 0.000000980. The molecule has 1 nitrogen and oxygen atoms in total. The lowest BCUT2D eigenvalue weighted by atomic mass is 9.87. The van der Waals surface area contributed by atoms with Crippen molar-refractivity contribution < 1.29 is 0 Å². The van der Waals surface area contributed by atoms with Crippen molar-refractivity contribution in [1.29, 1.82) is 0 Å². The zero-order valence-electron chi connectivity index (χ0n) is 9.30. The number of hydrogen-bond acceptors (Lipinski definition) is 1. The minimum Gasteiger partial charge on any atom is -0.311 e. The van der Waals surface area contributed by atoms with E-state index in [2.05, 4.69) is 12.2 Å². The minimum absolute atomic E-state index is 0. The largest absolute Gasteiger partial charge is 0.311 e. The third kappa shape index (κ3) is 3.54. The maximum Gasteiger partial charge on any atom is 0.00698 e. The van der Waals surface area contributed by atoms with Crippen LogP contribution in [0.15, 0.2) is 0 Å². The van der Waals surface area contributed by atoms with Crippen LogP contribution in [0.2, 0.25) is 0 Å². The van der Waals surface area contributed by atoms with Gasteiger partial charge in [0.15, 0.2) is 0 Å². The Kier molecular flexibility index (Phi) is 5.47. The minimum atomic E-state index is 0. The molecule has 2 aliphatic rings. The first kappa shape index (κ1) is 12.5. The van der Waals surface area contributed by atoms with Gasteiger partial charge in [-0.2, -0.15) is 0 Å². The average molecular weight is 262 g/mol. The van der Waals surface area contributed by atoms with E-state index < -0.39 is 0 Å². The molecule has 2 heteroatoms. The van der Waals surface area contributed by atoms with Gasteiger partial charge < -0.3 is 5.32 Å². The van der Waals surface area contributed by atoms with E-state index in [1.54, 1.807) is 0 Å². The van der Waals surface area contributed by atoms with Gasteiger partial charge in [-0.3, -0.25) is 0 Å². The Bertz CT molecular complexity index is 146. The SMILES string of the molecule is Br.CC1CCC(NC2CCCC2)CC1. The molecule has 0 aromatic heterocycles. The fraction of sp³-hybridized carbons (Fsp3) is 1.00. The fourth-order valence-electron chi connectivity index (χ4n) is 2.85. The van der Waals surface area contributed by atoms with Gasteiger partial charge in [-0.1, -0.05) is 19.8 Å². The van der Waals surface area contributed by atoms with Gasteiger partial charge in [0.1, 0.15) is 0 Å². The van der Waals surface area contributed by atoms with Crippen LogP contribution in [0.5, 0.6) is 0 Å². The maximum absolute atomic E-state index is 3.84. The highest BCUT2D eigenvalue weighted by Crippen LogP contribution is 2.26. The van der Waals surface area contributed by atoms with Crippen molar-refractivity contribution in [2.45, 2.75) is 70.4 Å². The Morgan fingerprint density at radius 3 is 1.86 bits per heavy atom. The van der Waals surface area contributed by atoms with Crippen LogP contribution in [0.3, 0.4) is 0 Å². The van der Waals surface area contributed by atoms with Crippen molar-refractivity contribution in [3.05, 3.63) is 0 Å². The smallest absolute Gasteiger partial charge is 0.00698 e. The summed E-state index contributed by atoms with van der Waals surface area (Å²) in [5.41, 5.74) is 0. The Hall–Kier alpha value is 0.440. The van der Waals surface area contributed by atoms with E-state index in [1.165, 1.54) is 51.4 Å². The summed E-state index contributed by atoms with van der Waals surface area (Å²) in [7, 11) is 0. The monoisotopic (exact) mass is 261 g/mol. The van der Waals surface area contributed by atoms with Gasteiger partial charge in [0.2, 0.25) is 0 Å². The number of rotatable bonds is 2. The third-order valence-electron chi connectivity index (χ3n) is 3.84. The summed E-state index contributed by atoms with van der Waals surface area (Å²) in [5.74, 6) is 0.988. The molecular weight excluding hydrogens is 238 g/mol. The number of halogens is 1. The van der Waals surface area contributed by atoms with Crippen LogP contribution in [0.4, 0.5) is 0 Å². The van der Waals surface area contributed by atoms with Crippen molar-refractivity contribution >= 4 is 17.0 Å². The Morgan fingerprint density at radius 2 is 1.29 bits per heavy atom. The summed E-state index contributed by atoms with van der Waals surface area (Å²) in [6.45, 7) is 2.39. The summed E-state index contributed by atoms with van der Waals surface area (Å²) in [6.07, 6.45) is 11.5. The van der Waals surface area contributed by atoms with Crippen LogP contribution < -0.4 is 5.32 Å². The predicted octanol–water partition coefficient (Wildman–Crippen LogP) is 3.68. The van der Waals surface area contributed by atoms with E-state index in [9.17, 15) is 0 Å². The summed E-state index contributed by atoms with van der Waals surface area (Å²) in [4.78, 5) is 0. The molecule has 0 aromatic carbocycles. The zero-order chi connectivity index (χ0) is 9.10. The van der Waals surface area contributed by atoms with Crippen LogP contribution in [-0.4, -0.2) is 12.1 Å². The highest BCUT2D eigenvalue weighted by Gasteiger charge is 2.22. The molecular formula is C12H24BrN. The predicted molar refractivity (Wildman–Crippen MR) is 67.1 cm³/mol. The van der Waals surface area contributed by atoms with Gasteiger partial charge in [-0.15, -0.1) is 17.0 Å². The first-order valence-electron chi connectivity index (χ1n) is 6.10.